The van der Waals surface area contributed by atoms with Gasteiger partial charge in [-0.25, -0.2) is 0 Å². The third-order valence-corrected chi connectivity index (χ3v) is 2.98. The summed E-state index contributed by atoms with van der Waals surface area (Å²) >= 11 is 0. The average Bonchev–Trinajstić information content (AvgIpc) is 2.38. The van der Waals surface area contributed by atoms with Gasteiger partial charge in [-0.3, -0.25) is 4.98 Å². The van der Waals surface area contributed by atoms with E-state index in [9.17, 15) is 0 Å². The van der Waals surface area contributed by atoms with Gasteiger partial charge in [-0.2, -0.15) is 0 Å². The van der Waals surface area contributed by atoms with E-state index in [0.29, 0.717) is 5.92 Å². The maximum Gasteiger partial charge on any atom is 0.122 e. The fourth-order valence-corrected chi connectivity index (χ4v) is 1.63. The Morgan fingerprint density at radius 3 is 2.71 bits per heavy atom. The molecule has 0 aliphatic heterocycles. The number of nitrogens with zero attached hydrogens (tertiary/aromatic N) is 1. The summed E-state index contributed by atoms with van der Waals surface area (Å²) in [4.78, 5) is 4.30. The first-order valence-electron chi connectivity index (χ1n) is 6.58. The average molecular weight is 236 g/mol. The number of aromatic nitrogens is 1. The normalized spacial score (nSPS) is 10.8. The molecule has 0 aliphatic rings. The van der Waals surface area contributed by atoms with Crippen molar-refractivity contribution in [2.75, 3.05) is 13.2 Å². The molecular formula is C14H24N2O. The predicted octanol–water partition coefficient (Wildman–Crippen LogP) is 3.01. The summed E-state index contributed by atoms with van der Waals surface area (Å²) in [5, 5.41) is 3.26. The lowest BCUT2D eigenvalue weighted by Crippen LogP contribution is -2.13. The Kier molecular flexibility index (Phi) is 6.63. The Labute approximate surface area is 105 Å². The van der Waals surface area contributed by atoms with Gasteiger partial charge in [-0.15, -0.1) is 0 Å². The lowest BCUT2D eigenvalue weighted by atomic mass is 10.1. The van der Waals surface area contributed by atoms with Crippen molar-refractivity contribution < 1.29 is 4.74 Å². The molecule has 0 aliphatic carbocycles. The number of hydrogen-bond donors (Lipinski definition) is 1. The van der Waals surface area contributed by atoms with Gasteiger partial charge in [-0.05, 0) is 18.5 Å². The van der Waals surface area contributed by atoms with Crippen LogP contribution < -0.4 is 10.1 Å². The molecule has 0 saturated heterocycles. The zero-order valence-electron chi connectivity index (χ0n) is 11.2. The van der Waals surface area contributed by atoms with Gasteiger partial charge < -0.3 is 10.1 Å². The Balaban J connectivity index is 2.47. The van der Waals surface area contributed by atoms with Crippen LogP contribution in [0.15, 0.2) is 18.3 Å². The van der Waals surface area contributed by atoms with Gasteiger partial charge in [0.15, 0.2) is 0 Å². The second kappa shape index (κ2) is 8.07. The Morgan fingerprint density at radius 1 is 1.29 bits per heavy atom. The fourth-order valence-electron chi connectivity index (χ4n) is 1.63. The minimum absolute atomic E-state index is 0.653. The molecule has 0 unspecified atom stereocenters. The van der Waals surface area contributed by atoms with E-state index in [-0.39, 0.29) is 0 Å². The smallest absolute Gasteiger partial charge is 0.122 e. The topological polar surface area (TPSA) is 34.1 Å². The predicted molar refractivity (Wildman–Crippen MR) is 71.2 cm³/mol. The van der Waals surface area contributed by atoms with Crippen LogP contribution in [0.1, 0.15) is 39.3 Å². The molecule has 0 atom stereocenters. The molecule has 3 heteroatoms. The van der Waals surface area contributed by atoms with Crippen LogP contribution in [-0.4, -0.2) is 18.1 Å². The molecule has 0 radical (unpaired) electrons. The summed E-state index contributed by atoms with van der Waals surface area (Å²) in [7, 11) is 0. The lowest BCUT2D eigenvalue weighted by Gasteiger charge is -2.14. The molecule has 0 saturated carbocycles. The molecule has 1 N–H and O–H groups in total. The molecule has 1 heterocycles. The van der Waals surface area contributed by atoms with Crippen molar-refractivity contribution in [3.05, 3.63) is 24.0 Å². The monoisotopic (exact) mass is 236 g/mol. The highest BCUT2D eigenvalue weighted by Gasteiger charge is 2.05. The van der Waals surface area contributed by atoms with Gasteiger partial charge in [-0.1, -0.05) is 33.6 Å². The van der Waals surface area contributed by atoms with Crippen LogP contribution in [0.4, 0.5) is 0 Å². The molecule has 0 bridgehead atoms. The minimum Gasteiger partial charge on any atom is -0.493 e. The van der Waals surface area contributed by atoms with Gasteiger partial charge in [0.1, 0.15) is 5.75 Å². The van der Waals surface area contributed by atoms with Crippen LogP contribution in [0.2, 0.25) is 0 Å². The van der Waals surface area contributed by atoms with E-state index >= 15 is 0 Å². The summed E-state index contributed by atoms with van der Waals surface area (Å²) in [6, 6.07) is 3.95. The van der Waals surface area contributed by atoms with Crippen molar-refractivity contribution in [3.63, 3.8) is 0 Å². The van der Waals surface area contributed by atoms with E-state index in [1.54, 1.807) is 0 Å². The zero-order chi connectivity index (χ0) is 12.5. The van der Waals surface area contributed by atoms with Crippen LogP contribution in [0.5, 0.6) is 5.75 Å². The SMILES string of the molecule is CCNCc1cc(OCC(CC)CC)ccn1. The molecule has 0 aromatic carbocycles. The van der Waals surface area contributed by atoms with Gasteiger partial charge in [0.25, 0.3) is 0 Å². The first kappa shape index (κ1) is 14.0. The Morgan fingerprint density at radius 2 is 2.06 bits per heavy atom. The molecule has 1 aromatic rings. The summed E-state index contributed by atoms with van der Waals surface area (Å²) in [6.45, 7) is 9.08. The van der Waals surface area contributed by atoms with E-state index in [1.807, 2.05) is 18.3 Å². The maximum atomic E-state index is 5.80. The van der Waals surface area contributed by atoms with Crippen LogP contribution >= 0.6 is 0 Å². The maximum absolute atomic E-state index is 5.80. The number of hydrogen-bond acceptors (Lipinski definition) is 3. The minimum atomic E-state index is 0.653. The number of rotatable bonds is 8. The van der Waals surface area contributed by atoms with Crippen LogP contribution in [-0.2, 0) is 6.54 Å². The third kappa shape index (κ3) is 5.18. The van der Waals surface area contributed by atoms with Crippen molar-refractivity contribution in [2.24, 2.45) is 5.92 Å². The molecule has 96 valence electrons. The highest BCUT2D eigenvalue weighted by molar-refractivity contribution is 5.22. The summed E-state index contributed by atoms with van der Waals surface area (Å²) in [5.41, 5.74) is 1.04. The number of ether oxygens (including phenoxy) is 1. The highest BCUT2D eigenvalue weighted by Crippen LogP contribution is 2.14. The first-order chi connectivity index (χ1) is 8.30. The largest absolute Gasteiger partial charge is 0.493 e. The van der Waals surface area contributed by atoms with Crippen LogP contribution in [0.3, 0.4) is 0 Å². The molecular weight excluding hydrogens is 212 g/mol. The standard InChI is InChI=1S/C14H24N2O/c1-4-12(5-2)11-17-14-7-8-16-13(9-14)10-15-6-3/h7-9,12,15H,4-6,10-11H2,1-3H3. The summed E-state index contributed by atoms with van der Waals surface area (Å²) in [6.07, 6.45) is 4.16. The van der Waals surface area contributed by atoms with Crippen molar-refractivity contribution in [1.82, 2.24) is 10.3 Å². The van der Waals surface area contributed by atoms with Crippen molar-refractivity contribution in [1.29, 1.82) is 0 Å². The van der Waals surface area contributed by atoms with Crippen molar-refractivity contribution in [3.8, 4) is 5.75 Å². The van der Waals surface area contributed by atoms with Crippen LogP contribution in [0.25, 0.3) is 0 Å². The zero-order valence-corrected chi connectivity index (χ0v) is 11.2. The van der Waals surface area contributed by atoms with Crippen LogP contribution in [0, 0.1) is 5.92 Å². The number of nitrogens with one attached hydrogen (secondary N) is 1. The Hall–Kier alpha value is -1.09. The molecule has 0 amide bonds. The van der Waals surface area contributed by atoms with Gasteiger partial charge in [0, 0.05) is 18.8 Å². The second-order valence-electron chi connectivity index (χ2n) is 4.26. The van der Waals surface area contributed by atoms with Gasteiger partial charge in [0.2, 0.25) is 0 Å². The van der Waals surface area contributed by atoms with E-state index in [4.69, 9.17) is 4.74 Å². The Bertz CT molecular complexity index is 311. The van der Waals surface area contributed by atoms with E-state index in [0.717, 1.165) is 31.1 Å². The van der Waals surface area contributed by atoms with Gasteiger partial charge >= 0.3 is 0 Å². The van der Waals surface area contributed by atoms with Gasteiger partial charge in [0.05, 0.1) is 12.3 Å². The summed E-state index contributed by atoms with van der Waals surface area (Å²) in [5.74, 6) is 1.58. The third-order valence-electron chi connectivity index (χ3n) is 2.98. The fraction of sp³-hybridized carbons (Fsp3) is 0.643. The molecule has 1 aromatic heterocycles. The molecule has 0 fully saturated rings. The lowest BCUT2D eigenvalue weighted by molar-refractivity contribution is 0.240. The van der Waals surface area contributed by atoms with E-state index in [1.165, 1.54) is 12.8 Å². The molecule has 3 nitrogen and oxygen atoms in total. The molecule has 1 rings (SSSR count). The molecule has 0 spiro atoms. The molecule has 17 heavy (non-hydrogen) atoms. The second-order valence-corrected chi connectivity index (χ2v) is 4.26. The number of pyridine rings is 1. The first-order valence-corrected chi connectivity index (χ1v) is 6.58. The highest BCUT2D eigenvalue weighted by atomic mass is 16.5. The van der Waals surface area contributed by atoms with E-state index < -0.39 is 0 Å². The van der Waals surface area contributed by atoms with E-state index in [2.05, 4.69) is 31.1 Å². The quantitative estimate of drug-likeness (QED) is 0.753. The van der Waals surface area contributed by atoms with Crippen molar-refractivity contribution in [2.45, 2.75) is 40.2 Å². The van der Waals surface area contributed by atoms with Crippen molar-refractivity contribution >= 4 is 0 Å². The summed E-state index contributed by atoms with van der Waals surface area (Å²) < 4.78 is 5.80.